The third-order valence-electron chi connectivity index (χ3n) is 4.36. The van der Waals surface area contributed by atoms with Gasteiger partial charge in [0.05, 0.1) is 12.2 Å². The van der Waals surface area contributed by atoms with Crippen LogP contribution >= 0.6 is 0 Å². The van der Waals surface area contributed by atoms with Crippen LogP contribution in [0.3, 0.4) is 0 Å². The van der Waals surface area contributed by atoms with Gasteiger partial charge in [-0.3, -0.25) is 4.79 Å². The van der Waals surface area contributed by atoms with Crippen LogP contribution in [0.5, 0.6) is 0 Å². The van der Waals surface area contributed by atoms with Crippen LogP contribution in [-0.2, 0) is 4.79 Å². The summed E-state index contributed by atoms with van der Waals surface area (Å²) in [5, 5.41) is 0. The molecular weight excluding hydrogens is 278 g/mol. The number of rotatable bonds is 3. The molecule has 114 valence electrons. The highest BCUT2D eigenvalue weighted by molar-refractivity contribution is 5.95. The van der Waals surface area contributed by atoms with Gasteiger partial charge in [0.2, 0.25) is 0 Å². The van der Waals surface area contributed by atoms with E-state index in [1.54, 1.807) is 12.5 Å². The van der Waals surface area contributed by atoms with Gasteiger partial charge in [-0.15, -0.1) is 0 Å². The number of amides is 1. The minimum atomic E-state index is -0.247. The van der Waals surface area contributed by atoms with E-state index in [-0.39, 0.29) is 29.1 Å². The lowest BCUT2D eigenvalue weighted by Crippen LogP contribution is -2.25. The van der Waals surface area contributed by atoms with Gasteiger partial charge in [-0.25, -0.2) is 4.98 Å². The van der Waals surface area contributed by atoms with E-state index in [0.29, 0.717) is 0 Å². The van der Waals surface area contributed by atoms with Crippen LogP contribution < -0.4 is 11.5 Å². The summed E-state index contributed by atoms with van der Waals surface area (Å²) < 4.78 is 1.94. The van der Waals surface area contributed by atoms with Crippen LogP contribution in [0.1, 0.15) is 25.3 Å². The fraction of sp³-hybridized carbons (Fsp3) is 0.312. The molecule has 1 aromatic carbocycles. The topological polar surface area (TPSA) is 99.3 Å². The quantitative estimate of drug-likeness (QED) is 0.661. The highest BCUT2D eigenvalue weighted by Gasteiger charge is 2.62. The molecule has 1 saturated carbocycles. The smallest absolute Gasteiger partial charge is 0.253 e. The zero-order chi connectivity index (χ0) is 15.9. The van der Waals surface area contributed by atoms with Crippen LogP contribution in [0, 0.1) is 11.3 Å². The normalized spacial score (nSPS) is 22.1. The first-order chi connectivity index (χ1) is 10.4. The van der Waals surface area contributed by atoms with Crippen LogP contribution in [0.15, 0.2) is 48.0 Å². The zero-order valence-corrected chi connectivity index (χ0v) is 12.6. The van der Waals surface area contributed by atoms with E-state index in [4.69, 9.17) is 11.5 Å². The summed E-state index contributed by atoms with van der Waals surface area (Å²) in [5.74, 6) is -0.499. The number of guanidine groups is 1. The number of carbonyl (C=O) groups excluding carboxylic acids is 1. The van der Waals surface area contributed by atoms with Crippen LogP contribution in [0.2, 0.25) is 0 Å². The monoisotopic (exact) mass is 297 g/mol. The number of nitrogens with zero attached hydrogens (tertiary/aromatic N) is 3. The Morgan fingerprint density at radius 3 is 2.77 bits per heavy atom. The molecule has 3 rings (SSSR count). The van der Waals surface area contributed by atoms with E-state index in [9.17, 15) is 4.79 Å². The first kappa shape index (κ1) is 14.3. The van der Waals surface area contributed by atoms with Gasteiger partial charge < -0.3 is 16.0 Å². The number of aliphatic imine (C=N–C) groups is 1. The Balaban J connectivity index is 1.90. The zero-order valence-electron chi connectivity index (χ0n) is 12.6. The van der Waals surface area contributed by atoms with Crippen molar-refractivity contribution in [2.24, 2.45) is 27.8 Å². The fourth-order valence-electron chi connectivity index (χ4n) is 3.21. The van der Waals surface area contributed by atoms with Crippen LogP contribution in [0.4, 0.5) is 0 Å². The van der Waals surface area contributed by atoms with Gasteiger partial charge in [0.1, 0.15) is 0 Å². The first-order valence-corrected chi connectivity index (χ1v) is 7.13. The number of hydrogen-bond acceptors (Lipinski definition) is 2. The first-order valence-electron chi connectivity index (χ1n) is 7.13. The van der Waals surface area contributed by atoms with E-state index in [1.165, 1.54) is 0 Å². The number of aromatic nitrogens is 2. The highest BCUT2D eigenvalue weighted by atomic mass is 16.1. The molecule has 6 nitrogen and oxygen atoms in total. The maximum absolute atomic E-state index is 12.2. The lowest BCUT2D eigenvalue weighted by atomic mass is 10.0. The van der Waals surface area contributed by atoms with Crippen LogP contribution in [-0.4, -0.2) is 21.4 Å². The molecule has 0 aliphatic heterocycles. The number of carbonyl (C=O) groups is 1. The molecule has 2 aromatic rings. The Labute approximate surface area is 128 Å². The van der Waals surface area contributed by atoms with Gasteiger partial charge in [0, 0.05) is 24.0 Å². The van der Waals surface area contributed by atoms with Crippen molar-refractivity contribution in [2.45, 2.75) is 19.8 Å². The fourth-order valence-corrected chi connectivity index (χ4v) is 3.21. The third-order valence-corrected chi connectivity index (χ3v) is 4.36. The van der Waals surface area contributed by atoms with Crippen molar-refractivity contribution >= 4 is 11.9 Å². The predicted octanol–water partition coefficient (Wildman–Crippen LogP) is 1.41. The number of nitrogens with two attached hydrogens (primary N) is 2. The van der Waals surface area contributed by atoms with Gasteiger partial charge in [-0.05, 0) is 23.1 Å². The second-order valence-corrected chi connectivity index (χ2v) is 6.22. The Morgan fingerprint density at radius 1 is 1.36 bits per heavy atom. The second kappa shape index (κ2) is 4.98. The summed E-state index contributed by atoms with van der Waals surface area (Å²) in [6.07, 6.45) is 5.37. The minimum absolute atomic E-state index is 0.117. The Bertz CT molecular complexity index is 729. The molecule has 4 N–H and O–H groups in total. The van der Waals surface area contributed by atoms with Gasteiger partial charge in [0.15, 0.2) is 5.96 Å². The Morgan fingerprint density at radius 2 is 2.14 bits per heavy atom. The molecule has 1 heterocycles. The number of benzene rings is 1. The Hall–Kier alpha value is -2.63. The molecular formula is C16H19N5O. The summed E-state index contributed by atoms with van der Waals surface area (Å²) in [5.41, 5.74) is 12.6. The van der Waals surface area contributed by atoms with E-state index >= 15 is 0 Å². The summed E-state index contributed by atoms with van der Waals surface area (Å²) >= 11 is 0. The Kier molecular flexibility index (Phi) is 3.24. The average Bonchev–Trinajstić information content (AvgIpc) is 2.83. The van der Waals surface area contributed by atoms with Gasteiger partial charge in [0.25, 0.3) is 5.91 Å². The molecule has 0 saturated heterocycles. The molecule has 1 amide bonds. The van der Waals surface area contributed by atoms with Gasteiger partial charge in [-0.1, -0.05) is 26.0 Å². The van der Waals surface area contributed by atoms with Crippen molar-refractivity contribution in [2.75, 3.05) is 0 Å². The summed E-state index contributed by atoms with van der Waals surface area (Å²) in [6, 6.07) is 8.11. The van der Waals surface area contributed by atoms with E-state index in [2.05, 4.69) is 29.9 Å². The van der Waals surface area contributed by atoms with Crippen molar-refractivity contribution < 1.29 is 4.79 Å². The molecule has 0 spiro atoms. The van der Waals surface area contributed by atoms with Gasteiger partial charge in [-0.2, -0.15) is 4.99 Å². The molecule has 0 radical (unpaired) electrons. The molecule has 0 bridgehead atoms. The molecule has 1 aliphatic rings. The van der Waals surface area contributed by atoms with Crippen LogP contribution in [0.25, 0.3) is 5.69 Å². The van der Waals surface area contributed by atoms with Crippen molar-refractivity contribution in [1.29, 1.82) is 0 Å². The predicted molar refractivity (Wildman–Crippen MR) is 84.4 cm³/mol. The third kappa shape index (κ3) is 2.36. The molecule has 1 aromatic heterocycles. The molecule has 2 atom stereocenters. The van der Waals surface area contributed by atoms with E-state index < -0.39 is 0 Å². The van der Waals surface area contributed by atoms with E-state index in [0.717, 1.165) is 11.3 Å². The number of imidazole rings is 1. The average molecular weight is 297 g/mol. The lowest BCUT2D eigenvalue weighted by Gasteiger charge is -2.07. The van der Waals surface area contributed by atoms with Crippen molar-refractivity contribution in [3.63, 3.8) is 0 Å². The second-order valence-electron chi connectivity index (χ2n) is 6.22. The molecule has 6 heteroatoms. The van der Waals surface area contributed by atoms with Crippen molar-refractivity contribution in [3.8, 4) is 5.69 Å². The minimum Gasteiger partial charge on any atom is -0.370 e. The molecule has 1 fully saturated rings. The van der Waals surface area contributed by atoms with Crippen molar-refractivity contribution in [1.82, 2.24) is 9.55 Å². The molecule has 22 heavy (non-hydrogen) atoms. The molecule has 1 aliphatic carbocycles. The molecule has 1 unspecified atom stereocenters. The lowest BCUT2D eigenvalue weighted by molar-refractivity contribution is -0.119. The SMILES string of the molecule is CC1(C)C(c2cccc(-n3ccnc3)c2)[C@@H]1C(=O)N=C(N)N. The largest absolute Gasteiger partial charge is 0.370 e. The maximum atomic E-state index is 12.2. The van der Waals surface area contributed by atoms with Gasteiger partial charge >= 0.3 is 0 Å². The number of hydrogen-bond donors (Lipinski definition) is 2. The maximum Gasteiger partial charge on any atom is 0.253 e. The summed E-state index contributed by atoms with van der Waals surface area (Å²) in [6.45, 7) is 4.12. The van der Waals surface area contributed by atoms with E-state index in [1.807, 2.05) is 29.0 Å². The summed E-state index contributed by atoms with van der Waals surface area (Å²) in [4.78, 5) is 19.9. The van der Waals surface area contributed by atoms with Crippen molar-refractivity contribution in [3.05, 3.63) is 48.5 Å². The summed E-state index contributed by atoms with van der Waals surface area (Å²) in [7, 11) is 0. The standard InChI is InChI=1S/C16H19N5O/c1-16(2)12(13(16)14(22)20-15(17)18)10-4-3-5-11(8-10)21-7-6-19-9-21/h3-9,12-13H,1-2H3,(H4,17,18,20,22)/t12?,13-/m1/s1. The highest BCUT2D eigenvalue weighted by Crippen LogP contribution is 2.64.